The van der Waals surface area contributed by atoms with E-state index in [-0.39, 0.29) is 5.57 Å². The maximum atomic E-state index is 11.6. The predicted octanol–water partition coefficient (Wildman–Crippen LogP) is 2.73. The summed E-state index contributed by atoms with van der Waals surface area (Å²) in [4.78, 5) is 22.0. The van der Waals surface area contributed by atoms with Gasteiger partial charge in [0.25, 0.3) is 5.91 Å². The summed E-state index contributed by atoms with van der Waals surface area (Å²) in [6, 6.07) is 5.38. The highest BCUT2D eigenvalue weighted by Crippen LogP contribution is 2.20. The first kappa shape index (κ1) is 13.4. The highest BCUT2D eigenvalue weighted by molar-refractivity contribution is 9.10. The molecule has 1 rings (SSSR count). The lowest BCUT2D eigenvalue weighted by Crippen LogP contribution is -2.13. The Labute approximate surface area is 107 Å². The molecule has 0 radical (unpaired) electrons. The van der Waals surface area contributed by atoms with Crippen LogP contribution in [0.2, 0.25) is 0 Å². The maximum absolute atomic E-state index is 11.6. The standard InChI is InChI=1S/C12H12BrNO3/c1-7-3-4-9(6-10(7)13)14-12(17)8(2)5-11(15)16/h3-6H,1-2H3,(H,14,17)(H,15,16)/b8-5+. The Morgan fingerprint density at radius 3 is 2.59 bits per heavy atom. The van der Waals surface area contributed by atoms with Gasteiger partial charge in [0.05, 0.1) is 0 Å². The monoisotopic (exact) mass is 297 g/mol. The molecule has 1 aromatic carbocycles. The second-order valence-corrected chi connectivity index (χ2v) is 4.44. The van der Waals surface area contributed by atoms with Gasteiger partial charge in [0.15, 0.2) is 0 Å². The summed E-state index contributed by atoms with van der Waals surface area (Å²) in [5.41, 5.74) is 1.82. The molecule has 90 valence electrons. The van der Waals surface area contributed by atoms with Gasteiger partial charge in [-0.2, -0.15) is 0 Å². The van der Waals surface area contributed by atoms with Crippen molar-refractivity contribution in [1.82, 2.24) is 0 Å². The van der Waals surface area contributed by atoms with Crippen LogP contribution in [0.5, 0.6) is 0 Å². The minimum atomic E-state index is -1.14. The van der Waals surface area contributed by atoms with Gasteiger partial charge in [0, 0.05) is 21.8 Å². The van der Waals surface area contributed by atoms with Gasteiger partial charge in [0.2, 0.25) is 0 Å². The van der Waals surface area contributed by atoms with Gasteiger partial charge >= 0.3 is 5.97 Å². The fraction of sp³-hybridized carbons (Fsp3) is 0.167. The number of carbonyl (C=O) groups is 2. The largest absolute Gasteiger partial charge is 0.478 e. The van der Waals surface area contributed by atoms with Crippen molar-refractivity contribution < 1.29 is 14.7 Å². The molecule has 0 spiro atoms. The van der Waals surface area contributed by atoms with E-state index in [0.29, 0.717) is 5.69 Å². The molecule has 0 aliphatic rings. The van der Waals surface area contributed by atoms with Crippen LogP contribution in [0.3, 0.4) is 0 Å². The number of aryl methyl sites for hydroxylation is 1. The first-order valence-electron chi connectivity index (χ1n) is 4.89. The van der Waals surface area contributed by atoms with Crippen LogP contribution >= 0.6 is 15.9 Å². The van der Waals surface area contributed by atoms with Crippen LogP contribution in [-0.4, -0.2) is 17.0 Å². The summed E-state index contributed by atoms with van der Waals surface area (Å²) >= 11 is 3.35. The zero-order valence-electron chi connectivity index (χ0n) is 9.45. The number of anilines is 1. The third-order valence-corrected chi connectivity index (χ3v) is 2.98. The van der Waals surface area contributed by atoms with Gasteiger partial charge in [-0.1, -0.05) is 22.0 Å². The van der Waals surface area contributed by atoms with Crippen molar-refractivity contribution in [1.29, 1.82) is 0 Å². The van der Waals surface area contributed by atoms with Crippen LogP contribution in [0, 0.1) is 6.92 Å². The topological polar surface area (TPSA) is 66.4 Å². The second-order valence-electron chi connectivity index (χ2n) is 3.58. The average molecular weight is 298 g/mol. The Bertz CT molecular complexity index is 495. The average Bonchev–Trinajstić information content (AvgIpc) is 2.22. The molecule has 0 aliphatic heterocycles. The number of amides is 1. The number of carboxylic acid groups (broad SMARTS) is 1. The highest BCUT2D eigenvalue weighted by Gasteiger charge is 2.07. The third-order valence-electron chi connectivity index (χ3n) is 2.13. The van der Waals surface area contributed by atoms with Crippen molar-refractivity contribution in [2.24, 2.45) is 0 Å². The molecule has 0 atom stereocenters. The molecule has 0 saturated carbocycles. The first-order valence-corrected chi connectivity index (χ1v) is 5.68. The number of nitrogens with one attached hydrogen (secondary N) is 1. The van der Waals surface area contributed by atoms with Crippen LogP contribution in [0.4, 0.5) is 5.69 Å². The van der Waals surface area contributed by atoms with Crippen molar-refractivity contribution in [3.8, 4) is 0 Å². The predicted molar refractivity (Wildman–Crippen MR) is 68.9 cm³/mol. The van der Waals surface area contributed by atoms with Crippen molar-refractivity contribution in [2.75, 3.05) is 5.32 Å². The molecule has 0 heterocycles. The number of carboxylic acids is 1. The van der Waals surface area contributed by atoms with Crippen LogP contribution in [0.15, 0.2) is 34.3 Å². The Morgan fingerprint density at radius 2 is 2.06 bits per heavy atom. The fourth-order valence-corrected chi connectivity index (χ4v) is 1.53. The Morgan fingerprint density at radius 1 is 1.41 bits per heavy atom. The minimum absolute atomic E-state index is 0.147. The third kappa shape index (κ3) is 4.03. The van der Waals surface area contributed by atoms with Crippen molar-refractivity contribution >= 4 is 33.5 Å². The number of hydrogen-bond acceptors (Lipinski definition) is 2. The van der Waals surface area contributed by atoms with Crippen LogP contribution < -0.4 is 5.32 Å². The normalized spacial score (nSPS) is 11.1. The quantitative estimate of drug-likeness (QED) is 0.843. The van der Waals surface area contributed by atoms with Crippen molar-refractivity contribution in [2.45, 2.75) is 13.8 Å². The fourth-order valence-electron chi connectivity index (χ4n) is 1.15. The van der Waals surface area contributed by atoms with E-state index in [1.54, 1.807) is 12.1 Å². The minimum Gasteiger partial charge on any atom is -0.478 e. The van der Waals surface area contributed by atoms with E-state index in [2.05, 4.69) is 21.2 Å². The molecule has 5 heteroatoms. The zero-order chi connectivity index (χ0) is 13.0. The molecule has 1 aromatic rings. The van der Waals surface area contributed by atoms with E-state index in [1.165, 1.54) is 6.92 Å². The summed E-state index contributed by atoms with van der Waals surface area (Å²) in [6.45, 7) is 3.39. The Balaban J connectivity index is 2.81. The molecular weight excluding hydrogens is 286 g/mol. The van der Waals surface area contributed by atoms with E-state index in [0.717, 1.165) is 16.1 Å². The number of halogens is 1. The van der Waals surface area contributed by atoms with Gasteiger partial charge in [0.1, 0.15) is 0 Å². The van der Waals surface area contributed by atoms with Crippen molar-refractivity contribution in [3.63, 3.8) is 0 Å². The molecule has 2 N–H and O–H groups in total. The number of rotatable bonds is 3. The van der Waals surface area contributed by atoms with Gasteiger partial charge in [-0.15, -0.1) is 0 Å². The lowest BCUT2D eigenvalue weighted by molar-refractivity contribution is -0.131. The van der Waals surface area contributed by atoms with Crippen LogP contribution in [0.25, 0.3) is 0 Å². The van der Waals surface area contributed by atoms with E-state index < -0.39 is 11.9 Å². The summed E-state index contributed by atoms with van der Waals surface area (Å²) < 4.78 is 0.884. The zero-order valence-corrected chi connectivity index (χ0v) is 11.0. The first-order chi connectivity index (χ1) is 7.90. The lowest BCUT2D eigenvalue weighted by Gasteiger charge is -2.06. The number of benzene rings is 1. The highest BCUT2D eigenvalue weighted by atomic mass is 79.9. The smallest absolute Gasteiger partial charge is 0.328 e. The lowest BCUT2D eigenvalue weighted by atomic mass is 10.2. The van der Waals surface area contributed by atoms with E-state index in [4.69, 9.17) is 5.11 Å². The maximum Gasteiger partial charge on any atom is 0.328 e. The summed E-state index contributed by atoms with van der Waals surface area (Å²) in [7, 11) is 0. The molecule has 0 aromatic heterocycles. The number of aliphatic carboxylic acids is 1. The van der Waals surface area contributed by atoms with Gasteiger partial charge in [-0.25, -0.2) is 4.79 Å². The number of hydrogen-bond donors (Lipinski definition) is 2. The molecule has 0 fully saturated rings. The molecule has 0 aliphatic carbocycles. The summed E-state index contributed by atoms with van der Waals surface area (Å²) in [5.74, 6) is -1.56. The molecule has 4 nitrogen and oxygen atoms in total. The van der Waals surface area contributed by atoms with E-state index in [1.807, 2.05) is 13.0 Å². The number of carbonyl (C=O) groups excluding carboxylic acids is 1. The van der Waals surface area contributed by atoms with Gasteiger partial charge in [-0.3, -0.25) is 4.79 Å². The Kier molecular flexibility index (Phi) is 4.45. The second kappa shape index (κ2) is 5.63. The van der Waals surface area contributed by atoms with Crippen molar-refractivity contribution in [3.05, 3.63) is 39.9 Å². The molecule has 1 amide bonds. The summed E-state index contributed by atoms with van der Waals surface area (Å²) in [5, 5.41) is 11.1. The molecule has 0 saturated heterocycles. The Hall–Kier alpha value is -1.62. The molecule has 0 unspecified atom stereocenters. The molecule has 17 heavy (non-hydrogen) atoms. The van der Waals surface area contributed by atoms with E-state index in [9.17, 15) is 9.59 Å². The van der Waals surface area contributed by atoms with E-state index >= 15 is 0 Å². The summed E-state index contributed by atoms with van der Waals surface area (Å²) in [6.07, 6.45) is 0.874. The van der Waals surface area contributed by atoms with Crippen LogP contribution in [0.1, 0.15) is 12.5 Å². The molecular formula is C12H12BrNO3. The van der Waals surface area contributed by atoms with Gasteiger partial charge in [-0.05, 0) is 31.5 Å². The SMILES string of the molecule is C/C(=C\C(=O)O)C(=O)Nc1ccc(C)c(Br)c1. The molecule has 0 bridgehead atoms. The van der Waals surface area contributed by atoms with Gasteiger partial charge < -0.3 is 10.4 Å². The van der Waals surface area contributed by atoms with Crippen LogP contribution in [-0.2, 0) is 9.59 Å².